The number of ketones is 2. The van der Waals surface area contributed by atoms with Crippen LogP contribution in [0.15, 0.2) is 60.7 Å². The molecule has 1 aliphatic heterocycles. The van der Waals surface area contributed by atoms with Crippen molar-refractivity contribution in [2.45, 2.75) is 84.6 Å². The molecule has 8 heteroatoms. The first-order valence-corrected chi connectivity index (χ1v) is 14.5. The predicted octanol–water partition coefficient (Wildman–Crippen LogP) is 5.03. The van der Waals surface area contributed by atoms with Gasteiger partial charge >= 0.3 is 6.09 Å². The smallest absolute Gasteiger partial charge is 0.408 e. The molecule has 0 spiro atoms. The minimum Gasteiger partial charge on any atom is -0.445 e. The Balaban J connectivity index is 1.74. The van der Waals surface area contributed by atoms with Crippen molar-refractivity contribution in [1.29, 1.82) is 0 Å². The molecular weight excluding hydrogens is 520 g/mol. The Morgan fingerprint density at radius 3 is 1.90 bits per heavy atom. The van der Waals surface area contributed by atoms with Crippen LogP contribution in [0.2, 0.25) is 0 Å². The molecule has 222 valence electrons. The van der Waals surface area contributed by atoms with Crippen molar-refractivity contribution in [3.63, 3.8) is 0 Å². The molecule has 0 aliphatic carbocycles. The van der Waals surface area contributed by atoms with E-state index in [1.165, 1.54) is 0 Å². The highest BCUT2D eigenvalue weighted by Gasteiger charge is 2.50. The molecule has 0 bridgehead atoms. The van der Waals surface area contributed by atoms with Crippen LogP contribution in [0.4, 0.5) is 4.79 Å². The topological polar surface area (TPSA) is 114 Å². The summed E-state index contributed by atoms with van der Waals surface area (Å²) >= 11 is 0. The summed E-state index contributed by atoms with van der Waals surface area (Å²) in [6, 6.07) is 17.3. The zero-order valence-corrected chi connectivity index (χ0v) is 24.9. The van der Waals surface area contributed by atoms with Crippen LogP contribution in [-0.4, -0.2) is 47.9 Å². The fraction of sp³-hybridized carbons (Fsp3) is 0.515. The van der Waals surface area contributed by atoms with E-state index in [2.05, 4.69) is 10.6 Å². The van der Waals surface area contributed by atoms with Gasteiger partial charge in [0.05, 0.1) is 18.7 Å². The van der Waals surface area contributed by atoms with Crippen molar-refractivity contribution in [2.75, 3.05) is 6.61 Å². The van der Waals surface area contributed by atoms with Crippen molar-refractivity contribution in [3.8, 4) is 0 Å². The number of Topliss-reactive ketones (excluding diaryl/α,β-unsaturated/α-hetero) is 2. The van der Waals surface area contributed by atoms with Gasteiger partial charge in [0, 0.05) is 12.3 Å². The second-order valence-corrected chi connectivity index (χ2v) is 12.0. The lowest BCUT2D eigenvalue weighted by molar-refractivity contribution is -0.134. The van der Waals surface area contributed by atoms with E-state index in [1.54, 1.807) is 6.92 Å². The van der Waals surface area contributed by atoms with Crippen LogP contribution in [0.25, 0.3) is 0 Å². The van der Waals surface area contributed by atoms with Crippen molar-refractivity contribution >= 4 is 23.6 Å². The summed E-state index contributed by atoms with van der Waals surface area (Å²) in [6.07, 6.45) is 0.426. The molecule has 2 aromatic carbocycles. The van der Waals surface area contributed by atoms with E-state index in [0.29, 0.717) is 25.9 Å². The van der Waals surface area contributed by atoms with E-state index >= 15 is 0 Å². The largest absolute Gasteiger partial charge is 0.445 e. The molecule has 2 aromatic rings. The third-order valence-electron chi connectivity index (χ3n) is 7.18. The first-order chi connectivity index (χ1) is 19.5. The van der Waals surface area contributed by atoms with Gasteiger partial charge in [-0.15, -0.1) is 0 Å². The van der Waals surface area contributed by atoms with E-state index in [1.807, 2.05) is 88.4 Å². The van der Waals surface area contributed by atoms with Gasteiger partial charge in [0.25, 0.3) is 0 Å². The summed E-state index contributed by atoms with van der Waals surface area (Å²) in [5.74, 6) is -1.20. The van der Waals surface area contributed by atoms with Crippen molar-refractivity contribution < 1.29 is 28.7 Å². The van der Waals surface area contributed by atoms with Crippen LogP contribution in [-0.2, 0) is 36.9 Å². The number of alkyl carbamates (subject to hydrolysis) is 1. The number of amides is 2. The summed E-state index contributed by atoms with van der Waals surface area (Å²) in [7, 11) is 0. The Morgan fingerprint density at radius 1 is 0.829 bits per heavy atom. The number of benzene rings is 2. The first kappa shape index (κ1) is 32.0. The van der Waals surface area contributed by atoms with Crippen LogP contribution in [0.1, 0.15) is 65.0 Å². The van der Waals surface area contributed by atoms with E-state index in [0.717, 1.165) is 11.1 Å². The Kier molecular flexibility index (Phi) is 11.6. The van der Waals surface area contributed by atoms with Gasteiger partial charge < -0.3 is 20.1 Å². The van der Waals surface area contributed by atoms with Gasteiger partial charge in [-0.25, -0.2) is 4.79 Å². The van der Waals surface area contributed by atoms with Gasteiger partial charge in [0.1, 0.15) is 12.2 Å². The summed E-state index contributed by atoms with van der Waals surface area (Å²) in [4.78, 5) is 53.1. The van der Waals surface area contributed by atoms with Crippen molar-refractivity contribution in [3.05, 3.63) is 71.8 Å². The molecule has 3 rings (SSSR count). The second kappa shape index (κ2) is 14.9. The molecule has 41 heavy (non-hydrogen) atoms. The maximum atomic E-state index is 13.7. The first-order valence-electron chi connectivity index (χ1n) is 14.5. The number of hydrogen-bond acceptors (Lipinski definition) is 6. The van der Waals surface area contributed by atoms with Gasteiger partial charge in [-0.2, -0.15) is 0 Å². The highest BCUT2D eigenvalue weighted by Crippen LogP contribution is 2.30. The molecular formula is C33H44N2O6. The fourth-order valence-electron chi connectivity index (χ4n) is 4.80. The zero-order valence-electron chi connectivity index (χ0n) is 24.9. The minimum atomic E-state index is -0.871. The summed E-state index contributed by atoms with van der Waals surface area (Å²) in [5.41, 5.74) is 0.870. The van der Waals surface area contributed by atoms with E-state index in [9.17, 15) is 19.2 Å². The van der Waals surface area contributed by atoms with Gasteiger partial charge in [0.2, 0.25) is 5.91 Å². The second-order valence-electron chi connectivity index (χ2n) is 12.0. The lowest BCUT2D eigenvalue weighted by Gasteiger charge is -2.26. The quantitative estimate of drug-likeness (QED) is 0.276. The van der Waals surface area contributed by atoms with Crippen molar-refractivity contribution in [1.82, 2.24) is 10.6 Å². The standard InChI is InChI=1S/C33H44N2O6/c1-22(2)16-27(35-32(39)40-20-25-14-10-7-11-15-25)29(36)19-26(18-24-12-8-6-9-13-24)31(38)34-28(17-23(3)4)30(37)33(5)21-41-33/h6-15,22-23,26-28H,16-21H2,1-5H3,(H,34,38)(H,35,39)/t26-,27+,28+,33-/m1/s1. The molecule has 4 atom stereocenters. The van der Waals surface area contributed by atoms with Gasteiger partial charge in [-0.3, -0.25) is 14.4 Å². The third-order valence-corrected chi connectivity index (χ3v) is 7.18. The normalized spacial score (nSPS) is 18.3. The molecule has 1 saturated heterocycles. The number of rotatable bonds is 16. The zero-order chi connectivity index (χ0) is 30.0. The number of epoxide rings is 1. The highest BCUT2D eigenvalue weighted by molar-refractivity contribution is 5.98. The van der Waals surface area contributed by atoms with E-state index in [4.69, 9.17) is 9.47 Å². The van der Waals surface area contributed by atoms with Crippen LogP contribution < -0.4 is 10.6 Å². The molecule has 8 nitrogen and oxygen atoms in total. The average molecular weight is 565 g/mol. The number of carbonyl (C=O) groups is 4. The molecule has 2 amide bonds. The monoisotopic (exact) mass is 564 g/mol. The lowest BCUT2D eigenvalue weighted by Crippen LogP contribution is -2.50. The highest BCUT2D eigenvalue weighted by atomic mass is 16.6. The van der Waals surface area contributed by atoms with Gasteiger partial charge in [-0.1, -0.05) is 88.4 Å². The van der Waals surface area contributed by atoms with Gasteiger partial charge in [0.15, 0.2) is 11.6 Å². The SMILES string of the molecule is CC(C)C[C@H](NC(=O)OCc1ccccc1)C(=O)C[C@@H](Cc1ccccc1)C(=O)N[C@@H](CC(C)C)C(=O)[C@@]1(C)CO1. The van der Waals surface area contributed by atoms with Crippen LogP contribution >= 0.6 is 0 Å². The molecule has 1 aliphatic rings. The van der Waals surface area contributed by atoms with Crippen LogP contribution in [0.5, 0.6) is 0 Å². The molecule has 1 heterocycles. The molecule has 0 saturated carbocycles. The molecule has 2 N–H and O–H groups in total. The Hall–Kier alpha value is -3.52. The van der Waals surface area contributed by atoms with E-state index < -0.39 is 29.7 Å². The summed E-state index contributed by atoms with van der Waals surface area (Å²) in [6.45, 7) is 10.1. The average Bonchev–Trinajstić information content (AvgIpc) is 3.69. The summed E-state index contributed by atoms with van der Waals surface area (Å²) in [5, 5.41) is 5.67. The Labute approximate surface area is 243 Å². The maximum Gasteiger partial charge on any atom is 0.408 e. The van der Waals surface area contributed by atoms with Crippen LogP contribution in [0.3, 0.4) is 0 Å². The molecule has 0 radical (unpaired) electrons. The van der Waals surface area contributed by atoms with Crippen molar-refractivity contribution in [2.24, 2.45) is 17.8 Å². The number of ether oxygens (including phenoxy) is 2. The molecule has 0 unspecified atom stereocenters. The maximum absolute atomic E-state index is 13.7. The number of hydrogen-bond donors (Lipinski definition) is 2. The Morgan fingerprint density at radius 2 is 1.37 bits per heavy atom. The molecule has 1 fully saturated rings. The minimum absolute atomic E-state index is 0.0855. The summed E-state index contributed by atoms with van der Waals surface area (Å²) < 4.78 is 10.7. The van der Waals surface area contributed by atoms with E-state index in [-0.39, 0.29) is 42.3 Å². The van der Waals surface area contributed by atoms with Crippen LogP contribution in [0, 0.1) is 17.8 Å². The molecule has 0 aromatic heterocycles. The number of carbonyl (C=O) groups excluding carboxylic acids is 4. The third kappa shape index (κ3) is 10.4. The lowest BCUT2D eigenvalue weighted by atomic mass is 9.88. The van der Waals surface area contributed by atoms with Gasteiger partial charge in [-0.05, 0) is 49.1 Å². The predicted molar refractivity (Wildman–Crippen MR) is 157 cm³/mol. The fourth-order valence-corrected chi connectivity index (χ4v) is 4.80. The number of nitrogens with one attached hydrogen (secondary N) is 2. The Bertz CT molecular complexity index is 1160.